The number of nitrogens with zero attached hydrogens (tertiary/aromatic N) is 1. The Balaban J connectivity index is 0.00000289. The third kappa shape index (κ3) is 5.01. The molecule has 5 rings (SSSR count). The fraction of sp³-hybridized carbons (Fsp3) is 0.409. The van der Waals surface area contributed by atoms with E-state index in [1.807, 2.05) is 0 Å². The molecule has 0 saturated carbocycles. The zero-order chi connectivity index (χ0) is 22.3. The number of carbonyl (C=O) groups is 1. The molecule has 2 bridgehead atoms. The van der Waals surface area contributed by atoms with Crippen LogP contribution < -0.4 is 5.32 Å². The first-order valence-corrected chi connectivity index (χ1v) is 10.8. The number of benzene rings is 2. The van der Waals surface area contributed by atoms with Crippen molar-refractivity contribution >= 4 is 41.5 Å². The average Bonchev–Trinajstić information content (AvgIpc) is 2.72. The van der Waals surface area contributed by atoms with Crippen LogP contribution in [-0.2, 0) is 6.18 Å². The van der Waals surface area contributed by atoms with Crippen molar-refractivity contribution in [2.45, 2.75) is 37.5 Å². The van der Waals surface area contributed by atoms with Gasteiger partial charge in [0.1, 0.15) is 5.82 Å². The molecule has 3 fully saturated rings. The summed E-state index contributed by atoms with van der Waals surface area (Å²) in [7, 11) is 0. The topological polar surface area (TPSA) is 32.3 Å². The van der Waals surface area contributed by atoms with E-state index in [9.17, 15) is 22.4 Å². The minimum absolute atomic E-state index is 0. The first kappa shape index (κ1) is 25.1. The van der Waals surface area contributed by atoms with Crippen molar-refractivity contribution < 1.29 is 22.4 Å². The maximum atomic E-state index is 13.5. The molecule has 3 saturated heterocycles. The lowest BCUT2D eigenvalue weighted by Crippen LogP contribution is -2.54. The summed E-state index contributed by atoms with van der Waals surface area (Å²) in [4.78, 5) is 15.4. The summed E-state index contributed by atoms with van der Waals surface area (Å²) in [5.41, 5.74) is -0.865. The number of hydrogen-bond acceptors (Lipinski definition) is 2. The van der Waals surface area contributed by atoms with Crippen molar-refractivity contribution in [3.05, 3.63) is 69.0 Å². The number of halogens is 7. The molecule has 0 aliphatic carbocycles. The van der Waals surface area contributed by atoms with Crippen LogP contribution in [0.3, 0.4) is 0 Å². The third-order valence-corrected chi connectivity index (χ3v) is 6.92. The zero-order valence-electron chi connectivity index (χ0n) is 16.8. The lowest BCUT2D eigenvalue weighted by Gasteiger charge is -2.48. The Kier molecular flexibility index (Phi) is 7.65. The van der Waals surface area contributed by atoms with Crippen LogP contribution in [0, 0.1) is 11.7 Å². The van der Waals surface area contributed by atoms with Crippen LogP contribution in [-0.4, -0.2) is 29.9 Å². The number of piperidine rings is 3. The van der Waals surface area contributed by atoms with E-state index in [-0.39, 0.29) is 23.5 Å². The molecule has 3 heterocycles. The van der Waals surface area contributed by atoms with E-state index >= 15 is 0 Å². The smallest absolute Gasteiger partial charge is 0.344 e. The number of alkyl halides is 3. The third-order valence-electron chi connectivity index (χ3n) is 6.22. The van der Waals surface area contributed by atoms with E-state index in [1.54, 1.807) is 12.1 Å². The standard InChI is InChI=1S/C22H20Cl2F4N2O.ClH/c23-16-6-5-15(22(26,27)28)19(24)18(16)21(31)29-20(13-1-3-14(25)4-2-13)17-11-12-7-9-30(17)10-8-12;/h1-6,12,17,20H,7-11H2,(H,29,31);1H/t17?,20-;/m0./s1. The molecular formula is C22H21Cl3F4N2O. The van der Waals surface area contributed by atoms with E-state index in [2.05, 4.69) is 10.2 Å². The molecule has 0 spiro atoms. The summed E-state index contributed by atoms with van der Waals surface area (Å²) in [5, 5.41) is 1.94. The number of fused-ring (bicyclic) bond motifs is 3. The second-order valence-electron chi connectivity index (χ2n) is 8.07. The van der Waals surface area contributed by atoms with Gasteiger partial charge in [-0.25, -0.2) is 4.39 Å². The molecule has 0 aromatic heterocycles. The maximum absolute atomic E-state index is 13.5. The Hall–Kier alpha value is -1.54. The summed E-state index contributed by atoms with van der Waals surface area (Å²) in [6, 6.07) is 6.94. The molecule has 0 radical (unpaired) electrons. The van der Waals surface area contributed by atoms with Crippen LogP contribution >= 0.6 is 35.6 Å². The van der Waals surface area contributed by atoms with Gasteiger partial charge in [-0.05, 0) is 68.1 Å². The largest absolute Gasteiger partial charge is 0.417 e. The molecule has 1 N–H and O–H groups in total. The second kappa shape index (κ2) is 9.75. The summed E-state index contributed by atoms with van der Waals surface area (Å²) < 4.78 is 53.3. The van der Waals surface area contributed by atoms with E-state index in [4.69, 9.17) is 23.2 Å². The second-order valence-corrected chi connectivity index (χ2v) is 8.85. The van der Waals surface area contributed by atoms with E-state index in [0.717, 1.165) is 44.5 Å². The number of carbonyl (C=O) groups excluding carboxylic acids is 1. The van der Waals surface area contributed by atoms with Crippen molar-refractivity contribution in [3.63, 3.8) is 0 Å². The van der Waals surface area contributed by atoms with Gasteiger partial charge in [0.05, 0.1) is 27.2 Å². The highest BCUT2D eigenvalue weighted by Gasteiger charge is 2.40. The van der Waals surface area contributed by atoms with Crippen molar-refractivity contribution in [1.29, 1.82) is 0 Å². The van der Waals surface area contributed by atoms with Crippen LogP contribution in [0.2, 0.25) is 10.0 Å². The highest BCUT2D eigenvalue weighted by molar-refractivity contribution is 6.40. The molecule has 3 nitrogen and oxygen atoms in total. The van der Waals surface area contributed by atoms with E-state index in [0.29, 0.717) is 11.5 Å². The Morgan fingerprint density at radius 1 is 1.06 bits per heavy atom. The van der Waals surface area contributed by atoms with Gasteiger partial charge in [0.15, 0.2) is 0 Å². The van der Waals surface area contributed by atoms with Crippen LogP contribution in [0.25, 0.3) is 0 Å². The molecule has 2 atom stereocenters. The molecule has 1 amide bonds. The molecule has 3 aliphatic rings. The maximum Gasteiger partial charge on any atom is 0.417 e. The van der Waals surface area contributed by atoms with Crippen molar-refractivity contribution in [1.82, 2.24) is 10.2 Å². The van der Waals surface area contributed by atoms with Gasteiger partial charge in [-0.1, -0.05) is 35.3 Å². The molecule has 2 aromatic carbocycles. The summed E-state index contributed by atoms with van der Waals surface area (Å²) in [5.74, 6) is -0.683. The Morgan fingerprint density at radius 2 is 1.69 bits per heavy atom. The predicted octanol–water partition coefficient (Wildman–Crippen LogP) is 6.53. The highest BCUT2D eigenvalue weighted by Crippen LogP contribution is 2.40. The zero-order valence-corrected chi connectivity index (χ0v) is 19.1. The van der Waals surface area contributed by atoms with Gasteiger partial charge >= 0.3 is 6.18 Å². The van der Waals surface area contributed by atoms with Gasteiger partial charge in [-0.15, -0.1) is 12.4 Å². The van der Waals surface area contributed by atoms with Gasteiger partial charge in [-0.2, -0.15) is 13.2 Å². The van der Waals surface area contributed by atoms with Crippen LogP contribution in [0.1, 0.15) is 46.8 Å². The van der Waals surface area contributed by atoms with Crippen LogP contribution in [0.4, 0.5) is 17.6 Å². The predicted molar refractivity (Wildman–Crippen MR) is 118 cm³/mol. The van der Waals surface area contributed by atoms with E-state index in [1.165, 1.54) is 12.1 Å². The Labute approximate surface area is 199 Å². The van der Waals surface area contributed by atoms with E-state index < -0.39 is 40.1 Å². The molecule has 32 heavy (non-hydrogen) atoms. The number of rotatable bonds is 4. The lowest BCUT2D eigenvalue weighted by molar-refractivity contribution is -0.137. The molecule has 2 aromatic rings. The molecule has 3 aliphatic heterocycles. The van der Waals surface area contributed by atoms with Gasteiger partial charge in [-0.3, -0.25) is 9.69 Å². The normalized spacial score (nSPS) is 23.4. The fourth-order valence-electron chi connectivity index (χ4n) is 4.62. The number of amides is 1. The van der Waals surface area contributed by atoms with Gasteiger partial charge in [0.2, 0.25) is 0 Å². The summed E-state index contributed by atoms with van der Waals surface area (Å²) in [6.45, 7) is 1.77. The first-order valence-electron chi connectivity index (χ1n) is 10.0. The highest BCUT2D eigenvalue weighted by atomic mass is 35.5. The summed E-state index contributed by atoms with van der Waals surface area (Å²) >= 11 is 12.0. The number of nitrogens with one attached hydrogen (secondary N) is 1. The SMILES string of the molecule is Cl.O=C(N[C@@H](c1ccc(F)cc1)C1CC2CCN1CC2)c1c(Cl)ccc(C(F)(F)F)c1Cl. The van der Waals surface area contributed by atoms with Crippen molar-refractivity contribution in [2.24, 2.45) is 5.92 Å². The minimum Gasteiger partial charge on any atom is -0.344 e. The molecule has 1 unspecified atom stereocenters. The first-order chi connectivity index (χ1) is 14.6. The lowest BCUT2D eigenvalue weighted by atomic mass is 9.79. The van der Waals surface area contributed by atoms with Crippen LogP contribution in [0.15, 0.2) is 36.4 Å². The van der Waals surface area contributed by atoms with Crippen molar-refractivity contribution in [3.8, 4) is 0 Å². The Morgan fingerprint density at radius 3 is 2.22 bits per heavy atom. The van der Waals surface area contributed by atoms with Gasteiger partial charge in [0, 0.05) is 6.04 Å². The van der Waals surface area contributed by atoms with Gasteiger partial charge < -0.3 is 5.32 Å². The molecular weight excluding hydrogens is 491 g/mol. The monoisotopic (exact) mass is 510 g/mol. The van der Waals surface area contributed by atoms with Crippen LogP contribution in [0.5, 0.6) is 0 Å². The molecule has 10 heteroatoms. The molecule has 174 valence electrons. The quantitative estimate of drug-likeness (QED) is 0.474. The average molecular weight is 512 g/mol. The Bertz CT molecular complexity index is 976. The fourth-order valence-corrected chi connectivity index (χ4v) is 5.27. The van der Waals surface area contributed by atoms with Crippen molar-refractivity contribution in [2.75, 3.05) is 13.1 Å². The minimum atomic E-state index is -4.72. The summed E-state index contributed by atoms with van der Waals surface area (Å²) in [6.07, 6.45) is -1.73. The number of hydrogen-bond donors (Lipinski definition) is 1. The van der Waals surface area contributed by atoms with Gasteiger partial charge in [0.25, 0.3) is 5.91 Å².